The minimum atomic E-state index is -3.35. The minimum Gasteiger partial charge on any atom is -0.341 e. The maximum absolute atomic E-state index is 11.4. The van der Waals surface area contributed by atoms with Crippen LogP contribution >= 0.6 is 0 Å². The largest absolute Gasteiger partial charge is 0.341 e. The molecule has 0 saturated carbocycles. The van der Waals surface area contributed by atoms with E-state index >= 15 is 0 Å². The Kier molecular flexibility index (Phi) is 5.37. The molecule has 0 aliphatic heterocycles. The summed E-state index contributed by atoms with van der Waals surface area (Å²) < 4.78 is 22.2. The van der Waals surface area contributed by atoms with Crippen molar-refractivity contribution in [1.29, 1.82) is 0 Å². The highest BCUT2D eigenvalue weighted by Gasteiger charge is 2.24. The van der Waals surface area contributed by atoms with E-state index < -0.39 is 21.0 Å². The highest BCUT2D eigenvalue weighted by molar-refractivity contribution is 7.92. The number of nitrogens with one attached hydrogen (secondary N) is 1. The van der Waals surface area contributed by atoms with Gasteiger partial charge in [-0.3, -0.25) is 4.79 Å². The predicted molar refractivity (Wildman–Crippen MR) is 60.0 cm³/mol. The van der Waals surface area contributed by atoms with Crippen LogP contribution in [0.4, 0.5) is 0 Å². The first-order valence-electron chi connectivity index (χ1n) is 4.78. The van der Waals surface area contributed by atoms with Gasteiger partial charge in [-0.2, -0.15) is 0 Å². The molecular formula is C10H17NO3S. The molecule has 0 aromatic carbocycles. The smallest absolute Gasteiger partial charge is 0.239 e. The molecule has 4 nitrogen and oxygen atoms in total. The fourth-order valence-corrected chi connectivity index (χ4v) is 1.43. The van der Waals surface area contributed by atoms with E-state index in [1.165, 1.54) is 6.92 Å². The van der Waals surface area contributed by atoms with Crippen molar-refractivity contribution >= 4 is 15.7 Å². The monoisotopic (exact) mass is 231 g/mol. The van der Waals surface area contributed by atoms with Gasteiger partial charge in [-0.1, -0.05) is 19.3 Å². The zero-order valence-corrected chi connectivity index (χ0v) is 10.1. The Morgan fingerprint density at radius 2 is 2.07 bits per heavy atom. The molecule has 0 heterocycles. The van der Waals surface area contributed by atoms with E-state index in [1.54, 1.807) is 0 Å². The molecule has 0 saturated heterocycles. The van der Waals surface area contributed by atoms with Gasteiger partial charge in [0.2, 0.25) is 5.91 Å². The van der Waals surface area contributed by atoms with Crippen LogP contribution < -0.4 is 5.32 Å². The van der Waals surface area contributed by atoms with Crippen molar-refractivity contribution in [1.82, 2.24) is 5.32 Å². The molecule has 0 aromatic rings. The first-order chi connectivity index (χ1) is 6.82. The van der Waals surface area contributed by atoms with E-state index in [-0.39, 0.29) is 6.04 Å². The summed E-state index contributed by atoms with van der Waals surface area (Å²) in [7, 11) is -3.35. The van der Waals surface area contributed by atoms with Gasteiger partial charge >= 0.3 is 0 Å². The van der Waals surface area contributed by atoms with Crippen molar-refractivity contribution in [2.45, 2.75) is 38.0 Å². The Balaban J connectivity index is 4.44. The van der Waals surface area contributed by atoms with E-state index in [1.807, 2.05) is 6.92 Å². The van der Waals surface area contributed by atoms with Crippen molar-refractivity contribution < 1.29 is 13.2 Å². The first-order valence-corrected chi connectivity index (χ1v) is 6.73. The fourth-order valence-electron chi connectivity index (χ4n) is 0.969. The summed E-state index contributed by atoms with van der Waals surface area (Å²) >= 11 is 0. The van der Waals surface area contributed by atoms with Crippen LogP contribution in [0.1, 0.15) is 26.7 Å². The molecule has 0 aromatic heterocycles. The molecule has 0 bridgehead atoms. The van der Waals surface area contributed by atoms with Gasteiger partial charge in [0.15, 0.2) is 9.84 Å². The predicted octanol–water partition coefficient (Wildman–Crippen LogP) is 0.338. The number of carbonyl (C=O) groups is 1. The Morgan fingerprint density at radius 1 is 1.53 bits per heavy atom. The Hall–Kier alpha value is -1.02. The van der Waals surface area contributed by atoms with Gasteiger partial charge in [0, 0.05) is 6.26 Å². The number of amides is 1. The molecule has 0 fully saturated rings. The van der Waals surface area contributed by atoms with Crippen LogP contribution in [0.25, 0.3) is 0 Å². The van der Waals surface area contributed by atoms with Gasteiger partial charge < -0.3 is 5.32 Å². The number of sulfone groups is 1. The Bertz CT molecular complexity index is 353. The van der Waals surface area contributed by atoms with Gasteiger partial charge in [0.05, 0.1) is 6.04 Å². The summed E-state index contributed by atoms with van der Waals surface area (Å²) in [6, 6.07) is -0.383. The lowest BCUT2D eigenvalue weighted by molar-refractivity contribution is -0.120. The number of hydrogen-bond acceptors (Lipinski definition) is 3. The third kappa shape index (κ3) is 4.84. The van der Waals surface area contributed by atoms with Crippen molar-refractivity contribution in [2.24, 2.45) is 0 Å². The quantitative estimate of drug-likeness (QED) is 0.694. The highest BCUT2D eigenvalue weighted by Crippen LogP contribution is 2.01. The van der Waals surface area contributed by atoms with Gasteiger partial charge in [-0.25, -0.2) is 8.42 Å². The molecular weight excluding hydrogens is 214 g/mol. The van der Waals surface area contributed by atoms with Crippen LogP contribution in [-0.4, -0.2) is 31.9 Å². The van der Waals surface area contributed by atoms with E-state index in [2.05, 4.69) is 11.2 Å². The zero-order chi connectivity index (χ0) is 12.1. The van der Waals surface area contributed by atoms with Crippen molar-refractivity contribution in [3.8, 4) is 12.3 Å². The van der Waals surface area contributed by atoms with Crippen LogP contribution in [0.15, 0.2) is 0 Å². The van der Waals surface area contributed by atoms with Crippen LogP contribution in [0.5, 0.6) is 0 Å². The zero-order valence-electron chi connectivity index (χ0n) is 9.28. The van der Waals surface area contributed by atoms with Gasteiger partial charge in [-0.05, 0) is 13.3 Å². The molecule has 15 heavy (non-hydrogen) atoms. The van der Waals surface area contributed by atoms with Crippen LogP contribution in [0, 0.1) is 12.3 Å². The van der Waals surface area contributed by atoms with E-state index in [0.29, 0.717) is 6.42 Å². The maximum atomic E-state index is 11.4. The summed E-state index contributed by atoms with van der Waals surface area (Å²) in [5.41, 5.74) is 0. The lowest BCUT2D eigenvalue weighted by atomic mass is 10.2. The number of hydrogen-bond donors (Lipinski definition) is 1. The summed E-state index contributed by atoms with van der Waals surface area (Å²) in [6.07, 6.45) is 7.72. The molecule has 86 valence electrons. The molecule has 0 aliphatic carbocycles. The second-order valence-electron chi connectivity index (χ2n) is 3.49. The average molecular weight is 231 g/mol. The van der Waals surface area contributed by atoms with Crippen molar-refractivity contribution in [2.75, 3.05) is 6.26 Å². The summed E-state index contributed by atoms with van der Waals surface area (Å²) in [5.74, 6) is 1.88. The Morgan fingerprint density at radius 3 is 2.40 bits per heavy atom. The van der Waals surface area contributed by atoms with Crippen LogP contribution in [0.3, 0.4) is 0 Å². The van der Waals surface area contributed by atoms with Crippen molar-refractivity contribution in [3.63, 3.8) is 0 Å². The minimum absolute atomic E-state index is 0.383. The average Bonchev–Trinajstić information content (AvgIpc) is 2.14. The van der Waals surface area contributed by atoms with Gasteiger partial charge in [0.1, 0.15) is 5.25 Å². The molecule has 2 unspecified atom stereocenters. The Labute approximate surface area is 91.4 Å². The van der Waals surface area contributed by atoms with Crippen LogP contribution in [-0.2, 0) is 14.6 Å². The molecule has 2 atom stereocenters. The second-order valence-corrected chi connectivity index (χ2v) is 5.85. The first kappa shape index (κ1) is 14.0. The van der Waals surface area contributed by atoms with E-state index in [4.69, 9.17) is 6.42 Å². The lowest BCUT2D eigenvalue weighted by Crippen LogP contribution is -2.42. The SMILES string of the molecule is C#CC(CCC)NC(=O)C(C)S(C)(=O)=O. The maximum Gasteiger partial charge on any atom is 0.239 e. The third-order valence-electron chi connectivity index (χ3n) is 2.11. The molecule has 0 radical (unpaired) electrons. The topological polar surface area (TPSA) is 63.2 Å². The molecule has 1 N–H and O–H groups in total. The number of carbonyl (C=O) groups excluding carboxylic acids is 1. The van der Waals surface area contributed by atoms with Crippen LogP contribution in [0.2, 0.25) is 0 Å². The third-order valence-corrected chi connectivity index (χ3v) is 3.61. The standard InChI is InChI=1S/C10H17NO3S/c1-5-7-9(6-2)11-10(12)8(3)15(4,13)14/h2,8-9H,5,7H2,1,3-4H3,(H,11,12). The molecule has 5 heteroatoms. The molecule has 0 aliphatic rings. The van der Waals surface area contributed by atoms with Gasteiger partial charge in [-0.15, -0.1) is 6.42 Å². The molecule has 0 rings (SSSR count). The van der Waals surface area contributed by atoms with Gasteiger partial charge in [0.25, 0.3) is 0 Å². The molecule has 0 spiro atoms. The number of terminal acetylenes is 1. The molecule has 1 amide bonds. The summed E-state index contributed by atoms with van der Waals surface area (Å²) in [5, 5.41) is 1.47. The highest BCUT2D eigenvalue weighted by atomic mass is 32.2. The summed E-state index contributed by atoms with van der Waals surface area (Å²) in [6.45, 7) is 3.29. The fraction of sp³-hybridized carbons (Fsp3) is 0.700. The normalized spacial score (nSPS) is 15.1. The second kappa shape index (κ2) is 5.76. The van der Waals surface area contributed by atoms with E-state index in [9.17, 15) is 13.2 Å². The van der Waals surface area contributed by atoms with Crippen molar-refractivity contribution in [3.05, 3.63) is 0 Å². The number of rotatable bonds is 5. The summed E-state index contributed by atoms with van der Waals surface area (Å²) in [4.78, 5) is 11.4. The lowest BCUT2D eigenvalue weighted by Gasteiger charge is -2.15. The van der Waals surface area contributed by atoms with E-state index in [0.717, 1.165) is 12.7 Å².